The van der Waals surface area contributed by atoms with Gasteiger partial charge in [-0.15, -0.1) is 0 Å². The van der Waals surface area contributed by atoms with Crippen molar-refractivity contribution in [3.05, 3.63) is 179 Å². The van der Waals surface area contributed by atoms with E-state index in [0.717, 1.165) is 74.6 Å². The molecule has 1 aromatic heterocycles. The molecule has 0 saturated heterocycles. The number of fused-ring (bicyclic) bond motifs is 2. The molecule has 1 aliphatic heterocycles. The number of hydrogen-bond donors (Lipinski definition) is 2. The number of hydrogen-bond acceptors (Lipinski definition) is 6. The second-order valence-corrected chi connectivity index (χ2v) is 16.9. The van der Waals surface area contributed by atoms with Crippen molar-refractivity contribution in [1.29, 1.82) is 0 Å². The molecule has 0 spiro atoms. The maximum absolute atomic E-state index is 11.6. The smallest absolute Gasteiger partial charge is 0.265 e. The van der Waals surface area contributed by atoms with E-state index >= 15 is 0 Å². The van der Waals surface area contributed by atoms with Gasteiger partial charge in [0.1, 0.15) is 0 Å². The van der Waals surface area contributed by atoms with Crippen LogP contribution in [0.15, 0.2) is 168 Å². The van der Waals surface area contributed by atoms with Crippen molar-refractivity contribution in [2.24, 2.45) is 0 Å². The van der Waals surface area contributed by atoms with E-state index in [-0.39, 0.29) is 24.3 Å². The molecular formula is C45H44N3O6S2+. The van der Waals surface area contributed by atoms with E-state index in [1.165, 1.54) is 0 Å². The van der Waals surface area contributed by atoms with Gasteiger partial charge < -0.3 is 9.80 Å². The van der Waals surface area contributed by atoms with E-state index in [9.17, 15) is 25.9 Å². The highest BCUT2D eigenvalue weighted by molar-refractivity contribution is 7.86. The average Bonchev–Trinajstić information content (AvgIpc) is 3.58. The van der Waals surface area contributed by atoms with Crippen molar-refractivity contribution in [2.75, 3.05) is 27.9 Å². The van der Waals surface area contributed by atoms with Crippen LogP contribution < -0.4 is 14.4 Å². The van der Waals surface area contributed by atoms with Gasteiger partial charge in [0.15, 0.2) is 6.54 Å². The van der Waals surface area contributed by atoms with Crippen molar-refractivity contribution < 1.29 is 30.5 Å². The zero-order chi connectivity index (χ0) is 39.1. The molecule has 0 bridgehead atoms. The molecule has 0 unspecified atom stereocenters. The predicted molar refractivity (Wildman–Crippen MR) is 226 cm³/mol. The molecule has 0 amide bonds. The van der Waals surface area contributed by atoms with Crippen LogP contribution >= 0.6 is 0 Å². The van der Waals surface area contributed by atoms with Crippen LogP contribution in [0, 0.1) is 0 Å². The molecule has 7 rings (SSSR count). The highest BCUT2D eigenvalue weighted by Gasteiger charge is 2.27. The minimum absolute atomic E-state index is 0.259. The number of nitrogens with zero attached hydrogens (tertiary/aromatic N) is 3. The highest BCUT2D eigenvalue weighted by Crippen LogP contribution is 2.42. The maximum Gasteiger partial charge on any atom is 0.265 e. The summed E-state index contributed by atoms with van der Waals surface area (Å²) < 4.78 is 67.5. The first-order valence-electron chi connectivity index (χ1n) is 18.6. The Labute approximate surface area is 329 Å². The first kappa shape index (κ1) is 38.7. The first-order valence-corrected chi connectivity index (χ1v) is 21.9. The Morgan fingerprint density at radius 3 is 2.02 bits per heavy atom. The summed E-state index contributed by atoms with van der Waals surface area (Å²) in [5, 5.41) is 1.03. The molecule has 11 heteroatoms. The van der Waals surface area contributed by atoms with E-state index in [2.05, 4.69) is 75.1 Å². The van der Waals surface area contributed by atoms with Gasteiger partial charge in [0.2, 0.25) is 11.2 Å². The van der Waals surface area contributed by atoms with Crippen LogP contribution in [-0.2, 0) is 26.8 Å². The van der Waals surface area contributed by atoms with E-state index in [1.807, 2.05) is 97.1 Å². The Hall–Kier alpha value is -5.59. The van der Waals surface area contributed by atoms with Gasteiger partial charge in [-0.3, -0.25) is 9.11 Å². The van der Waals surface area contributed by atoms with Gasteiger partial charge in [0.05, 0.1) is 17.2 Å². The minimum atomic E-state index is -4.10. The number of aryl methyl sites for hydroxylation is 1. The normalized spacial score (nSPS) is 16.1. The molecule has 286 valence electrons. The van der Waals surface area contributed by atoms with Crippen molar-refractivity contribution in [2.45, 2.75) is 32.2 Å². The standard InChI is InChI=1S/C45H43N3O6S2/c49-55(50,51)33-11-31-46-39(27-23-35-13-7-9-19-43(35)46)29-25-37-21-22-38(45(37)48(41-15-3-1-4-16-41)42-17-5-2-6-18-42)26-30-40-28-24-36-14-8-10-20-44(36)47(40)32-12-34-56(52,53)54/h1-10,13-20,23-30H,11-12,21-22,31-34H2,(H-,49,50,51,52,53,54)/p+1. The molecule has 0 atom stereocenters. The molecule has 9 nitrogen and oxygen atoms in total. The van der Waals surface area contributed by atoms with Crippen LogP contribution in [0.25, 0.3) is 23.1 Å². The van der Waals surface area contributed by atoms with Crippen LogP contribution in [0.5, 0.6) is 0 Å². The third-order valence-electron chi connectivity index (χ3n) is 9.95. The molecule has 5 aromatic rings. The fourth-order valence-corrected chi connectivity index (χ4v) is 8.40. The average molecular weight is 787 g/mol. The lowest BCUT2D eigenvalue weighted by Gasteiger charge is -2.31. The molecule has 0 saturated carbocycles. The molecule has 56 heavy (non-hydrogen) atoms. The number of allylic oxidation sites excluding steroid dienone is 6. The van der Waals surface area contributed by atoms with E-state index < -0.39 is 20.2 Å². The lowest BCUT2D eigenvalue weighted by atomic mass is 10.0. The van der Waals surface area contributed by atoms with Crippen LogP contribution in [0.2, 0.25) is 0 Å². The quantitative estimate of drug-likeness (QED) is 0.0847. The predicted octanol–water partition coefficient (Wildman–Crippen LogP) is 8.93. The number of benzene rings is 4. The summed E-state index contributed by atoms with van der Waals surface area (Å²) in [7, 11) is -8.20. The van der Waals surface area contributed by atoms with Crippen LogP contribution in [0.1, 0.15) is 36.9 Å². The summed E-state index contributed by atoms with van der Waals surface area (Å²) in [5.74, 6) is -0.652. The number of anilines is 3. The number of para-hydroxylation sites is 4. The largest absolute Gasteiger partial charge is 0.341 e. The molecule has 2 aliphatic rings. The number of aromatic nitrogens is 1. The van der Waals surface area contributed by atoms with E-state index in [1.54, 1.807) is 0 Å². The lowest BCUT2D eigenvalue weighted by Crippen LogP contribution is -2.38. The summed E-state index contributed by atoms with van der Waals surface area (Å²) >= 11 is 0. The van der Waals surface area contributed by atoms with Gasteiger partial charge in [-0.05, 0) is 90.6 Å². The molecule has 2 N–H and O–H groups in total. The second-order valence-electron chi connectivity index (χ2n) is 13.8. The van der Waals surface area contributed by atoms with Crippen molar-refractivity contribution in [3.63, 3.8) is 0 Å². The second kappa shape index (κ2) is 17.1. The Balaban J connectivity index is 1.34. The van der Waals surface area contributed by atoms with Gasteiger partial charge in [0.25, 0.3) is 20.2 Å². The van der Waals surface area contributed by atoms with E-state index in [4.69, 9.17) is 0 Å². The Bertz CT molecular complexity index is 2560. The summed E-state index contributed by atoms with van der Waals surface area (Å²) in [5.41, 5.74) is 10.1. The Morgan fingerprint density at radius 2 is 1.30 bits per heavy atom. The van der Waals surface area contributed by atoms with Crippen molar-refractivity contribution in [1.82, 2.24) is 0 Å². The molecule has 0 radical (unpaired) electrons. The lowest BCUT2D eigenvalue weighted by molar-refractivity contribution is -0.673. The fraction of sp³-hybridized carbons (Fsp3) is 0.178. The number of rotatable bonds is 14. The highest BCUT2D eigenvalue weighted by atomic mass is 32.2. The molecule has 0 fully saturated rings. The van der Waals surface area contributed by atoms with Gasteiger partial charge in [-0.2, -0.15) is 21.4 Å². The Morgan fingerprint density at radius 1 is 0.661 bits per heavy atom. The van der Waals surface area contributed by atoms with Crippen molar-refractivity contribution in [3.8, 4) is 0 Å². The summed E-state index contributed by atoms with van der Waals surface area (Å²) in [6.45, 7) is 0.811. The van der Waals surface area contributed by atoms with Gasteiger partial charge in [-0.25, -0.2) is 0 Å². The molecule has 1 aliphatic carbocycles. The zero-order valence-corrected chi connectivity index (χ0v) is 32.5. The third-order valence-corrected chi connectivity index (χ3v) is 11.6. The topological polar surface area (TPSA) is 119 Å². The summed E-state index contributed by atoms with van der Waals surface area (Å²) in [6.07, 6.45) is 14.6. The van der Waals surface area contributed by atoms with Crippen LogP contribution in [0.3, 0.4) is 0 Å². The van der Waals surface area contributed by atoms with Crippen LogP contribution in [-0.4, -0.2) is 44.0 Å². The number of pyridine rings is 1. The molecule has 4 aromatic carbocycles. The summed E-state index contributed by atoms with van der Waals surface area (Å²) in [6, 6.07) is 40.6. The minimum Gasteiger partial charge on any atom is -0.341 e. The van der Waals surface area contributed by atoms with Crippen LogP contribution in [0.4, 0.5) is 17.1 Å². The Kier molecular flexibility index (Phi) is 11.8. The van der Waals surface area contributed by atoms with Gasteiger partial charge in [0, 0.05) is 59.3 Å². The molecular weight excluding hydrogens is 743 g/mol. The summed E-state index contributed by atoms with van der Waals surface area (Å²) in [4.78, 5) is 4.39. The van der Waals surface area contributed by atoms with E-state index in [0.29, 0.717) is 13.1 Å². The SMILES string of the molecule is O=S(=O)(O)CCCN1/C(=C/C=C2\CCC(/C=C/c3ccc4ccccc4[n+]3CCCS(=O)(=O)O)=C2N(c2ccccc2)c2ccccc2)C=Cc2ccccc21. The monoisotopic (exact) mass is 786 g/mol. The third kappa shape index (κ3) is 9.43. The van der Waals surface area contributed by atoms with Gasteiger partial charge in [-0.1, -0.05) is 85.0 Å². The van der Waals surface area contributed by atoms with Gasteiger partial charge >= 0.3 is 0 Å². The van der Waals surface area contributed by atoms with Crippen molar-refractivity contribution >= 4 is 60.4 Å². The first-order chi connectivity index (χ1) is 27.0. The maximum atomic E-state index is 11.6. The fourth-order valence-electron chi connectivity index (χ4n) is 7.41. The zero-order valence-electron chi connectivity index (χ0n) is 30.9. The molecule has 2 heterocycles.